The molecule has 2 heterocycles. The molecule has 1 fully saturated rings. The molecule has 1 aliphatic heterocycles. The Morgan fingerprint density at radius 1 is 1.12 bits per heavy atom. The lowest BCUT2D eigenvalue weighted by Gasteiger charge is -2.23. The van der Waals surface area contributed by atoms with Crippen LogP contribution in [-0.4, -0.2) is 33.5 Å². The first-order valence-electron chi connectivity index (χ1n) is 10.5. The highest BCUT2D eigenvalue weighted by Crippen LogP contribution is 2.45. The van der Waals surface area contributed by atoms with Crippen molar-refractivity contribution < 1.29 is 24.5 Å². The highest BCUT2D eigenvalue weighted by atomic mass is 32.1. The Labute approximate surface area is 195 Å². The average molecular weight is 465 g/mol. The number of phenolic OH excluding ortho intramolecular Hbond substituents is 1. The quantitative estimate of drug-likeness (QED) is 0.320. The van der Waals surface area contributed by atoms with Gasteiger partial charge in [-0.05, 0) is 45.4 Å². The van der Waals surface area contributed by atoms with Crippen LogP contribution in [0.3, 0.4) is 0 Å². The fourth-order valence-electron chi connectivity index (χ4n) is 3.74. The number of hydrogen-bond acceptors (Lipinski definition) is 7. The summed E-state index contributed by atoms with van der Waals surface area (Å²) in [6, 6.07) is 10.8. The van der Waals surface area contributed by atoms with Crippen LogP contribution in [-0.2, 0) is 9.59 Å². The highest BCUT2D eigenvalue weighted by molar-refractivity contribution is 7.16. The molecule has 3 aromatic rings. The molecule has 0 radical (unpaired) electrons. The summed E-state index contributed by atoms with van der Waals surface area (Å²) in [7, 11) is 0. The van der Waals surface area contributed by atoms with Gasteiger partial charge in [-0.25, -0.2) is 4.98 Å². The predicted molar refractivity (Wildman–Crippen MR) is 127 cm³/mol. The second-order valence-electron chi connectivity index (χ2n) is 7.83. The summed E-state index contributed by atoms with van der Waals surface area (Å²) in [5.41, 5.74) is 2.66. The Morgan fingerprint density at radius 2 is 1.82 bits per heavy atom. The van der Waals surface area contributed by atoms with Crippen molar-refractivity contribution in [2.24, 2.45) is 0 Å². The summed E-state index contributed by atoms with van der Waals surface area (Å²) in [5, 5.41) is 21.7. The Balaban J connectivity index is 1.96. The lowest BCUT2D eigenvalue weighted by Crippen LogP contribution is -2.29. The van der Waals surface area contributed by atoms with E-state index >= 15 is 0 Å². The molecule has 0 bridgehead atoms. The normalized spacial score (nSPS) is 17.6. The van der Waals surface area contributed by atoms with Crippen molar-refractivity contribution in [3.8, 4) is 11.5 Å². The number of hydrogen-bond donors (Lipinski definition) is 2. The highest BCUT2D eigenvalue weighted by Gasteiger charge is 2.48. The van der Waals surface area contributed by atoms with Gasteiger partial charge >= 0.3 is 5.91 Å². The van der Waals surface area contributed by atoms with Crippen molar-refractivity contribution >= 4 is 33.9 Å². The number of aromatic hydroxyl groups is 1. The van der Waals surface area contributed by atoms with E-state index < -0.39 is 17.7 Å². The van der Waals surface area contributed by atoms with E-state index in [1.165, 1.54) is 22.3 Å². The molecule has 1 atom stereocenters. The summed E-state index contributed by atoms with van der Waals surface area (Å²) < 4.78 is 5.52. The summed E-state index contributed by atoms with van der Waals surface area (Å²) in [4.78, 5) is 33.1. The van der Waals surface area contributed by atoms with Crippen LogP contribution < -0.4 is 9.64 Å². The molecule has 0 saturated carbocycles. The van der Waals surface area contributed by atoms with Gasteiger partial charge in [-0.3, -0.25) is 14.5 Å². The number of carbonyl (C=O) groups is 2. The Morgan fingerprint density at radius 3 is 2.42 bits per heavy atom. The zero-order chi connectivity index (χ0) is 23.9. The molecule has 1 amide bonds. The van der Waals surface area contributed by atoms with Crippen LogP contribution in [0.15, 0.2) is 48.0 Å². The largest absolute Gasteiger partial charge is 0.507 e. The monoisotopic (exact) mass is 464 g/mol. The van der Waals surface area contributed by atoms with Gasteiger partial charge in [0.2, 0.25) is 0 Å². The van der Waals surface area contributed by atoms with Crippen molar-refractivity contribution in [3.63, 3.8) is 0 Å². The van der Waals surface area contributed by atoms with Crippen LogP contribution in [0.4, 0.5) is 5.13 Å². The fraction of sp³-hybridized carbons (Fsp3) is 0.240. The Hall–Kier alpha value is -3.65. The smallest absolute Gasteiger partial charge is 0.301 e. The lowest BCUT2D eigenvalue weighted by molar-refractivity contribution is -0.132. The second-order valence-corrected chi connectivity index (χ2v) is 9.01. The Bertz CT molecular complexity index is 1260. The van der Waals surface area contributed by atoms with Crippen molar-refractivity contribution in [1.82, 2.24) is 4.98 Å². The van der Waals surface area contributed by atoms with E-state index in [0.717, 1.165) is 16.1 Å². The molecule has 0 aliphatic carbocycles. The van der Waals surface area contributed by atoms with E-state index in [-0.39, 0.29) is 22.8 Å². The summed E-state index contributed by atoms with van der Waals surface area (Å²) >= 11 is 1.30. The fourth-order valence-corrected chi connectivity index (χ4v) is 4.68. The SMILES string of the molecule is CCOc1cc([C@@H]2/C(=C(\O)c3ccc(C)cc3)C(=O)C(=O)N2c2nc(C)c(C)s2)ccc1O. The average Bonchev–Trinajstić information content (AvgIpc) is 3.25. The summed E-state index contributed by atoms with van der Waals surface area (Å²) in [5.74, 6) is -1.67. The number of aliphatic hydroxyl groups excluding tert-OH is 1. The van der Waals surface area contributed by atoms with Crippen LogP contribution in [0.25, 0.3) is 5.76 Å². The molecule has 1 aliphatic rings. The van der Waals surface area contributed by atoms with Gasteiger partial charge in [0.15, 0.2) is 16.6 Å². The van der Waals surface area contributed by atoms with E-state index in [0.29, 0.717) is 22.9 Å². The molecule has 1 saturated heterocycles. The first-order chi connectivity index (χ1) is 15.7. The predicted octanol–water partition coefficient (Wildman–Crippen LogP) is 4.80. The minimum Gasteiger partial charge on any atom is -0.507 e. The van der Waals surface area contributed by atoms with Gasteiger partial charge in [-0.2, -0.15) is 0 Å². The molecule has 1 aromatic heterocycles. The zero-order valence-corrected chi connectivity index (χ0v) is 19.6. The van der Waals surface area contributed by atoms with Gasteiger partial charge < -0.3 is 14.9 Å². The topological polar surface area (TPSA) is 100.0 Å². The maximum atomic E-state index is 13.2. The molecular weight excluding hydrogens is 440 g/mol. The van der Waals surface area contributed by atoms with Gasteiger partial charge in [0.1, 0.15) is 5.76 Å². The number of amides is 1. The molecule has 33 heavy (non-hydrogen) atoms. The maximum absolute atomic E-state index is 13.2. The van der Waals surface area contributed by atoms with Gasteiger partial charge in [0.05, 0.1) is 23.9 Å². The molecular formula is C25H24N2O5S. The standard InChI is InChI=1S/C25H24N2O5S/c1-5-32-19-12-17(10-11-18(19)28)21-20(22(29)16-8-6-13(2)7-9-16)23(30)24(31)27(21)25-26-14(3)15(4)33-25/h6-12,21,28-29H,5H2,1-4H3/b22-20+/t21-/m1/s1. The molecule has 2 N–H and O–H groups in total. The van der Waals surface area contributed by atoms with E-state index in [2.05, 4.69) is 4.98 Å². The molecule has 7 nitrogen and oxygen atoms in total. The van der Waals surface area contributed by atoms with Gasteiger partial charge in [-0.1, -0.05) is 35.9 Å². The van der Waals surface area contributed by atoms with Crippen LogP contribution in [0.1, 0.15) is 40.2 Å². The first-order valence-corrected chi connectivity index (χ1v) is 11.3. The zero-order valence-electron chi connectivity index (χ0n) is 18.7. The molecule has 4 rings (SSSR count). The number of aromatic nitrogens is 1. The number of ether oxygens (including phenoxy) is 1. The molecule has 2 aromatic carbocycles. The van der Waals surface area contributed by atoms with E-state index in [4.69, 9.17) is 4.74 Å². The number of anilines is 1. The number of nitrogens with zero attached hydrogens (tertiary/aromatic N) is 2. The number of aliphatic hydroxyl groups is 1. The maximum Gasteiger partial charge on any atom is 0.301 e. The molecule has 0 spiro atoms. The van der Waals surface area contributed by atoms with Crippen LogP contribution in [0.5, 0.6) is 11.5 Å². The number of ketones is 1. The van der Waals surface area contributed by atoms with E-state index in [1.807, 2.05) is 32.9 Å². The van der Waals surface area contributed by atoms with E-state index in [9.17, 15) is 19.8 Å². The first kappa shape index (κ1) is 22.5. The number of Topliss-reactive ketones (excluding diaryl/α,β-unsaturated/α-hetero) is 1. The number of rotatable bonds is 5. The number of phenols is 1. The number of carbonyl (C=O) groups excluding carboxylic acids is 2. The third-order valence-corrected chi connectivity index (χ3v) is 6.66. The number of thiazole rings is 1. The summed E-state index contributed by atoms with van der Waals surface area (Å²) in [6.45, 7) is 7.76. The van der Waals surface area contributed by atoms with Gasteiger partial charge in [0, 0.05) is 10.4 Å². The van der Waals surface area contributed by atoms with Crippen molar-refractivity contribution in [2.75, 3.05) is 11.5 Å². The number of aryl methyl sites for hydroxylation is 3. The summed E-state index contributed by atoms with van der Waals surface area (Å²) in [6.07, 6.45) is 0. The Kier molecular flexibility index (Phi) is 5.95. The third kappa shape index (κ3) is 3.98. The number of benzene rings is 2. The second kappa shape index (κ2) is 8.71. The minimum absolute atomic E-state index is 0.0394. The van der Waals surface area contributed by atoms with Crippen LogP contribution in [0, 0.1) is 20.8 Å². The minimum atomic E-state index is -0.934. The molecule has 170 valence electrons. The molecule has 8 heteroatoms. The van der Waals surface area contributed by atoms with Crippen molar-refractivity contribution in [3.05, 3.63) is 75.3 Å². The lowest BCUT2D eigenvalue weighted by atomic mass is 9.95. The van der Waals surface area contributed by atoms with Crippen molar-refractivity contribution in [2.45, 2.75) is 33.7 Å². The van der Waals surface area contributed by atoms with Crippen molar-refractivity contribution in [1.29, 1.82) is 0 Å². The third-order valence-electron chi connectivity index (χ3n) is 5.59. The molecule has 0 unspecified atom stereocenters. The van der Waals surface area contributed by atoms with Gasteiger partial charge in [0.25, 0.3) is 5.78 Å². The van der Waals surface area contributed by atoms with Gasteiger partial charge in [-0.15, -0.1) is 11.3 Å². The van der Waals surface area contributed by atoms with E-state index in [1.54, 1.807) is 31.2 Å². The van der Waals surface area contributed by atoms with Crippen LogP contribution >= 0.6 is 11.3 Å². The van der Waals surface area contributed by atoms with Crippen LogP contribution in [0.2, 0.25) is 0 Å².